The van der Waals surface area contributed by atoms with E-state index in [0.717, 1.165) is 10.8 Å². The summed E-state index contributed by atoms with van der Waals surface area (Å²) < 4.78 is 31.2. The number of methoxy groups -OCH3 is 1. The van der Waals surface area contributed by atoms with Crippen molar-refractivity contribution in [2.45, 2.75) is 0 Å². The number of likely N-dealkylation sites (N-methyl/N-ethyl adjacent to an activating group) is 1. The lowest BCUT2D eigenvalue weighted by Crippen LogP contribution is -2.35. The number of H-pyrrole nitrogens is 1. The second-order valence-corrected chi connectivity index (χ2v) is 12.0. The Morgan fingerprint density at radius 3 is 2.31 bits per heavy atom. The molecule has 216 valence electrons. The van der Waals surface area contributed by atoms with Gasteiger partial charge in [-0.3, -0.25) is 4.31 Å². The normalized spacial score (nSPS) is 12.3. The molecule has 0 aliphatic rings. The van der Waals surface area contributed by atoms with Crippen LogP contribution >= 0.6 is 0 Å². The molecule has 0 aliphatic carbocycles. The van der Waals surface area contributed by atoms with Gasteiger partial charge in [0.1, 0.15) is 0 Å². The summed E-state index contributed by atoms with van der Waals surface area (Å²) in [6, 6.07) is 17.5. The first-order chi connectivity index (χ1) is 20.0. The van der Waals surface area contributed by atoms with Crippen LogP contribution in [0.1, 0.15) is 21.5 Å². The highest BCUT2D eigenvalue weighted by atomic mass is 32.2. The molecule has 0 saturated carbocycles. The maximum Gasteiger partial charge on any atom is 0.337 e. The van der Waals surface area contributed by atoms with Crippen molar-refractivity contribution < 1.29 is 23.1 Å². The van der Waals surface area contributed by atoms with Gasteiger partial charge in [0.2, 0.25) is 10.0 Å². The number of aromatic nitrogens is 3. The number of carbonyl (C=O) groups is 1. The Kier molecular flexibility index (Phi) is 7.92. The lowest BCUT2D eigenvalue weighted by Gasteiger charge is -2.24. The van der Waals surface area contributed by atoms with Crippen LogP contribution in [0, 0.1) is 0 Å². The van der Waals surface area contributed by atoms with E-state index in [9.17, 15) is 18.3 Å². The number of nitrogens with zero attached hydrogens (tertiary/aromatic N) is 5. The first-order valence-electron chi connectivity index (χ1n) is 13.0. The van der Waals surface area contributed by atoms with Crippen LogP contribution in [0.4, 0.5) is 11.4 Å². The highest BCUT2D eigenvalue weighted by Crippen LogP contribution is 2.33. The summed E-state index contributed by atoms with van der Waals surface area (Å²) in [6.45, 7) is 0.859. The smallest absolute Gasteiger partial charge is 0.337 e. The molecule has 5 rings (SSSR count). The summed E-state index contributed by atoms with van der Waals surface area (Å²) >= 11 is 0. The molecule has 0 radical (unpaired) electrons. The minimum Gasteiger partial charge on any atom is -0.494 e. The Morgan fingerprint density at radius 2 is 1.64 bits per heavy atom. The fourth-order valence-corrected chi connectivity index (χ4v) is 5.59. The van der Waals surface area contributed by atoms with Gasteiger partial charge in [-0.15, -0.1) is 0 Å². The Labute approximate surface area is 243 Å². The molecule has 0 aliphatic heterocycles. The number of hydrogen-bond donors (Lipinski definition) is 2. The molecule has 2 aromatic heterocycles. The van der Waals surface area contributed by atoms with Crippen LogP contribution in [0.25, 0.3) is 21.7 Å². The third kappa shape index (κ3) is 5.94. The lowest BCUT2D eigenvalue weighted by molar-refractivity contribution is 0.0601. The summed E-state index contributed by atoms with van der Waals surface area (Å²) in [7, 11) is 1.58. The van der Waals surface area contributed by atoms with Crippen LogP contribution in [0.3, 0.4) is 0 Å². The second-order valence-electron chi connectivity index (χ2n) is 10.0. The Bertz CT molecular complexity index is 1920. The van der Waals surface area contributed by atoms with E-state index in [-0.39, 0.29) is 5.88 Å². The number of benzene rings is 3. The SMILES string of the molecule is COC(=O)c1ccc2c(C(=Nc3ccc(N(CCN(C)C)S(C)(=O)=O)cc3)c3ccc4cnncc4c3)c(O)[nH]c2c1. The predicted octanol–water partition coefficient (Wildman–Crippen LogP) is 4.10. The Balaban J connectivity index is 1.64. The van der Waals surface area contributed by atoms with Gasteiger partial charge in [-0.1, -0.05) is 18.2 Å². The third-order valence-electron chi connectivity index (χ3n) is 6.79. The maximum absolute atomic E-state index is 12.5. The van der Waals surface area contributed by atoms with Crippen LogP contribution in [-0.4, -0.2) is 85.8 Å². The van der Waals surface area contributed by atoms with E-state index in [1.165, 1.54) is 17.7 Å². The van der Waals surface area contributed by atoms with Crippen molar-refractivity contribution in [2.75, 3.05) is 44.9 Å². The molecule has 5 aromatic rings. The zero-order valence-electron chi connectivity index (χ0n) is 23.6. The van der Waals surface area contributed by atoms with Crippen LogP contribution in [0.5, 0.6) is 5.88 Å². The van der Waals surface area contributed by atoms with Gasteiger partial charge < -0.3 is 19.7 Å². The second kappa shape index (κ2) is 11.6. The fourth-order valence-electron chi connectivity index (χ4n) is 4.67. The van der Waals surface area contributed by atoms with Crippen LogP contribution in [-0.2, 0) is 14.8 Å². The molecule has 0 atom stereocenters. The monoisotopic (exact) mass is 586 g/mol. The van der Waals surface area contributed by atoms with Crippen LogP contribution < -0.4 is 4.31 Å². The van der Waals surface area contributed by atoms with Gasteiger partial charge >= 0.3 is 5.97 Å². The lowest BCUT2D eigenvalue weighted by atomic mass is 9.98. The Hall–Kier alpha value is -4.81. The van der Waals surface area contributed by atoms with Gasteiger partial charge in [0.25, 0.3) is 0 Å². The van der Waals surface area contributed by atoms with Crippen molar-refractivity contribution in [3.63, 3.8) is 0 Å². The molecule has 0 amide bonds. The zero-order valence-corrected chi connectivity index (χ0v) is 24.4. The molecule has 42 heavy (non-hydrogen) atoms. The van der Waals surface area contributed by atoms with Crippen molar-refractivity contribution in [3.05, 3.63) is 89.7 Å². The number of hydrogen-bond acceptors (Lipinski definition) is 9. The van der Waals surface area contributed by atoms with E-state index < -0.39 is 16.0 Å². The van der Waals surface area contributed by atoms with E-state index in [2.05, 4.69) is 15.2 Å². The molecule has 3 aromatic carbocycles. The topological polar surface area (TPSA) is 141 Å². The van der Waals surface area contributed by atoms with Gasteiger partial charge in [-0.05, 0) is 56.6 Å². The molecule has 2 N–H and O–H groups in total. The number of fused-ring (bicyclic) bond motifs is 2. The number of anilines is 1. The third-order valence-corrected chi connectivity index (χ3v) is 7.98. The largest absolute Gasteiger partial charge is 0.494 e. The summed E-state index contributed by atoms with van der Waals surface area (Å²) in [5, 5.41) is 21.4. The standard InChI is InChI=1S/C30H30N6O5S/c1-35(2)13-14-36(42(4,39)40)24-10-8-23(9-11-24)33-28(19-5-6-21-17-31-32-18-22(21)15-19)27-25-12-7-20(30(38)41-3)16-26(25)34-29(27)37/h5-12,15-18,34,37H,13-14H2,1-4H3. The first kappa shape index (κ1) is 28.7. The molecule has 0 unspecified atom stereocenters. The maximum atomic E-state index is 12.5. The summed E-state index contributed by atoms with van der Waals surface area (Å²) in [6.07, 6.45) is 4.49. The van der Waals surface area contributed by atoms with Crippen molar-refractivity contribution >= 4 is 54.8 Å². The number of rotatable bonds is 9. The van der Waals surface area contributed by atoms with Crippen molar-refractivity contribution in [1.29, 1.82) is 0 Å². The molecular weight excluding hydrogens is 556 g/mol. The summed E-state index contributed by atoms with van der Waals surface area (Å²) in [5.74, 6) is -0.617. The van der Waals surface area contributed by atoms with Crippen LogP contribution in [0.15, 0.2) is 78.0 Å². The van der Waals surface area contributed by atoms with Gasteiger partial charge in [0, 0.05) is 40.3 Å². The van der Waals surface area contributed by atoms with E-state index in [1.807, 2.05) is 37.2 Å². The molecule has 0 spiro atoms. The van der Waals surface area contributed by atoms with Crippen molar-refractivity contribution in [1.82, 2.24) is 20.1 Å². The van der Waals surface area contributed by atoms with E-state index in [0.29, 0.717) is 57.8 Å². The minimum atomic E-state index is -3.50. The number of carbonyl (C=O) groups excluding carboxylic acids is 1. The van der Waals surface area contributed by atoms with Crippen molar-refractivity contribution in [3.8, 4) is 5.88 Å². The highest BCUT2D eigenvalue weighted by Gasteiger charge is 2.21. The molecule has 12 heteroatoms. The first-order valence-corrected chi connectivity index (χ1v) is 14.9. The number of esters is 1. The number of aliphatic imine (C=N–C) groups is 1. The highest BCUT2D eigenvalue weighted by molar-refractivity contribution is 7.92. The number of aromatic hydroxyl groups is 1. The number of aromatic amines is 1. The van der Waals surface area contributed by atoms with Gasteiger partial charge in [-0.25, -0.2) is 18.2 Å². The molecule has 11 nitrogen and oxygen atoms in total. The Morgan fingerprint density at radius 1 is 0.952 bits per heavy atom. The van der Waals surface area contributed by atoms with Crippen molar-refractivity contribution in [2.24, 2.45) is 4.99 Å². The number of ether oxygens (including phenoxy) is 1. The van der Waals surface area contributed by atoms with E-state index in [4.69, 9.17) is 9.73 Å². The summed E-state index contributed by atoms with van der Waals surface area (Å²) in [5.41, 5.74) is 3.54. The number of sulfonamides is 1. The molecular formula is C30H30N6O5S. The molecule has 0 saturated heterocycles. The summed E-state index contributed by atoms with van der Waals surface area (Å²) in [4.78, 5) is 21.9. The molecule has 2 heterocycles. The quantitative estimate of drug-likeness (QED) is 0.194. The number of nitrogens with one attached hydrogen (secondary N) is 1. The molecule has 0 bridgehead atoms. The average molecular weight is 587 g/mol. The fraction of sp³-hybridized carbons (Fsp3) is 0.200. The van der Waals surface area contributed by atoms with Gasteiger partial charge in [-0.2, -0.15) is 10.2 Å². The predicted molar refractivity (Wildman–Crippen MR) is 163 cm³/mol. The zero-order chi connectivity index (χ0) is 30.0. The van der Waals surface area contributed by atoms with Gasteiger partial charge in [0.05, 0.1) is 54.0 Å². The minimum absolute atomic E-state index is 0.123. The van der Waals surface area contributed by atoms with E-state index >= 15 is 0 Å². The average Bonchev–Trinajstić information content (AvgIpc) is 3.29. The van der Waals surface area contributed by atoms with Gasteiger partial charge in [0.15, 0.2) is 5.88 Å². The van der Waals surface area contributed by atoms with E-state index in [1.54, 1.807) is 54.9 Å². The molecule has 0 fully saturated rings. The van der Waals surface area contributed by atoms with Crippen LogP contribution in [0.2, 0.25) is 0 Å².